The van der Waals surface area contributed by atoms with Crippen LogP contribution < -0.4 is 0 Å². The molecule has 0 unspecified atom stereocenters. The van der Waals surface area contributed by atoms with Crippen molar-refractivity contribution in [2.75, 3.05) is 0 Å². The van der Waals surface area contributed by atoms with E-state index in [0.29, 0.717) is 9.75 Å². The summed E-state index contributed by atoms with van der Waals surface area (Å²) in [6.45, 7) is 0. The number of carbonyl (C=O) groups excluding carboxylic acids is 1. The quantitative estimate of drug-likeness (QED) is 0.741. The summed E-state index contributed by atoms with van der Waals surface area (Å²) in [6.07, 6.45) is 0.709. The van der Waals surface area contributed by atoms with Crippen molar-refractivity contribution in [2.45, 2.75) is 38.3 Å². The zero-order valence-corrected chi connectivity index (χ0v) is 13.5. The number of ketones is 1. The second-order valence-electron chi connectivity index (χ2n) is 5.90. The van der Waals surface area contributed by atoms with Crippen molar-refractivity contribution in [2.24, 2.45) is 13.0 Å². The van der Waals surface area contributed by atoms with Gasteiger partial charge in [-0.1, -0.05) is 19.3 Å². The van der Waals surface area contributed by atoms with E-state index in [1.807, 2.05) is 0 Å². The topological polar surface area (TPSA) is 34.9 Å². The minimum absolute atomic E-state index is 0.0599. The van der Waals surface area contributed by atoms with E-state index in [4.69, 9.17) is 0 Å². The summed E-state index contributed by atoms with van der Waals surface area (Å²) in [5, 5.41) is 3.93. The first-order chi connectivity index (χ1) is 10.9. The fourth-order valence-corrected chi connectivity index (χ4v) is 4.01. The standard InChI is InChI=1S/C16H17F3N2OS/c1-21-14(16(17,18)19)9-11(20-21)12-7-8-13(23-12)15(22)10-5-3-2-4-6-10/h7-10H,2-6H2,1H3. The van der Waals surface area contributed by atoms with E-state index < -0.39 is 11.9 Å². The van der Waals surface area contributed by atoms with Crippen LogP contribution in [-0.4, -0.2) is 15.6 Å². The third-order valence-corrected chi connectivity index (χ3v) is 5.37. The summed E-state index contributed by atoms with van der Waals surface area (Å²) >= 11 is 1.23. The number of rotatable bonds is 3. The lowest BCUT2D eigenvalue weighted by molar-refractivity contribution is -0.143. The van der Waals surface area contributed by atoms with E-state index in [9.17, 15) is 18.0 Å². The number of hydrogen-bond donors (Lipinski definition) is 0. The van der Waals surface area contributed by atoms with Gasteiger partial charge in [-0.25, -0.2) is 0 Å². The molecule has 0 aromatic carbocycles. The Hall–Kier alpha value is -1.63. The second-order valence-corrected chi connectivity index (χ2v) is 6.98. The Morgan fingerprint density at radius 2 is 1.96 bits per heavy atom. The van der Waals surface area contributed by atoms with Crippen molar-refractivity contribution in [3.05, 3.63) is 28.8 Å². The van der Waals surface area contributed by atoms with Gasteiger partial charge in [-0.2, -0.15) is 18.3 Å². The number of nitrogens with zero attached hydrogens (tertiary/aromatic N) is 2. The van der Waals surface area contributed by atoms with Crippen LogP contribution in [-0.2, 0) is 13.2 Å². The SMILES string of the molecule is Cn1nc(-c2ccc(C(=O)C3CCCCC3)s2)cc1C(F)(F)F. The van der Waals surface area contributed by atoms with Gasteiger partial charge in [0.1, 0.15) is 11.4 Å². The lowest BCUT2D eigenvalue weighted by atomic mass is 9.86. The number of aromatic nitrogens is 2. The Balaban J connectivity index is 1.83. The van der Waals surface area contributed by atoms with E-state index >= 15 is 0 Å². The number of thiophene rings is 1. The van der Waals surface area contributed by atoms with Gasteiger partial charge in [-0.05, 0) is 31.0 Å². The molecule has 0 N–H and O–H groups in total. The van der Waals surface area contributed by atoms with Gasteiger partial charge >= 0.3 is 6.18 Å². The van der Waals surface area contributed by atoms with Gasteiger partial charge in [0.25, 0.3) is 0 Å². The third-order valence-electron chi connectivity index (χ3n) is 4.25. The van der Waals surface area contributed by atoms with Crippen molar-refractivity contribution in [3.8, 4) is 10.6 Å². The maximum atomic E-state index is 12.8. The smallest absolute Gasteiger partial charge is 0.293 e. The first kappa shape index (κ1) is 16.2. The van der Waals surface area contributed by atoms with E-state index in [1.54, 1.807) is 12.1 Å². The highest BCUT2D eigenvalue weighted by Crippen LogP contribution is 2.35. The predicted octanol–water partition coefficient (Wildman–Crippen LogP) is 4.93. The molecule has 1 saturated carbocycles. The highest BCUT2D eigenvalue weighted by molar-refractivity contribution is 7.17. The maximum Gasteiger partial charge on any atom is 0.433 e. The van der Waals surface area contributed by atoms with Gasteiger partial charge in [-0.3, -0.25) is 9.48 Å². The van der Waals surface area contributed by atoms with Crippen LogP contribution in [0.2, 0.25) is 0 Å². The van der Waals surface area contributed by atoms with E-state index in [1.165, 1.54) is 24.8 Å². The first-order valence-electron chi connectivity index (χ1n) is 7.62. The Kier molecular flexibility index (Phi) is 4.31. The minimum atomic E-state index is -4.43. The predicted molar refractivity (Wildman–Crippen MR) is 82.4 cm³/mol. The van der Waals surface area contributed by atoms with Crippen LogP contribution in [0.3, 0.4) is 0 Å². The molecule has 2 heterocycles. The number of hydrogen-bond acceptors (Lipinski definition) is 3. The zero-order chi connectivity index (χ0) is 16.6. The summed E-state index contributed by atoms with van der Waals surface area (Å²) in [5.41, 5.74) is -0.534. The molecule has 3 nitrogen and oxygen atoms in total. The Bertz CT molecular complexity index is 711. The van der Waals surface area contributed by atoms with E-state index in [0.717, 1.165) is 36.4 Å². The monoisotopic (exact) mass is 342 g/mol. The molecule has 1 aliphatic carbocycles. The number of Topliss-reactive ketones (excluding diaryl/α,β-unsaturated/α-hetero) is 1. The molecule has 0 radical (unpaired) electrons. The molecular weight excluding hydrogens is 325 g/mol. The average molecular weight is 342 g/mol. The molecule has 0 aliphatic heterocycles. The molecule has 2 aromatic rings. The summed E-state index contributed by atoms with van der Waals surface area (Å²) in [5.74, 6) is 0.178. The van der Waals surface area contributed by atoms with Crippen LogP contribution in [0.4, 0.5) is 13.2 Å². The zero-order valence-electron chi connectivity index (χ0n) is 12.7. The van der Waals surface area contributed by atoms with Gasteiger partial charge < -0.3 is 0 Å². The van der Waals surface area contributed by atoms with Crippen LogP contribution in [0.5, 0.6) is 0 Å². The summed E-state index contributed by atoms with van der Waals surface area (Å²) in [4.78, 5) is 13.7. The molecule has 7 heteroatoms. The molecular formula is C16H17F3N2OS. The number of alkyl halides is 3. The van der Waals surface area contributed by atoms with Crippen molar-refractivity contribution in [3.63, 3.8) is 0 Å². The van der Waals surface area contributed by atoms with Gasteiger partial charge in [0.05, 0.1) is 9.75 Å². The van der Waals surface area contributed by atoms with Crippen molar-refractivity contribution < 1.29 is 18.0 Å². The molecule has 124 valence electrons. The van der Waals surface area contributed by atoms with Crippen LogP contribution in [0.15, 0.2) is 18.2 Å². The van der Waals surface area contributed by atoms with E-state index in [2.05, 4.69) is 5.10 Å². The van der Waals surface area contributed by atoms with Gasteiger partial charge in [0.15, 0.2) is 5.78 Å². The molecule has 0 bridgehead atoms. The van der Waals surface area contributed by atoms with Crippen LogP contribution in [0, 0.1) is 5.92 Å². The first-order valence-corrected chi connectivity index (χ1v) is 8.43. The number of halogens is 3. The van der Waals surface area contributed by atoms with Gasteiger partial charge in [0, 0.05) is 13.0 Å². The van der Waals surface area contributed by atoms with Gasteiger partial charge in [0.2, 0.25) is 0 Å². The third kappa shape index (κ3) is 3.34. The van der Waals surface area contributed by atoms with Crippen molar-refractivity contribution in [1.29, 1.82) is 0 Å². The van der Waals surface area contributed by atoms with Crippen LogP contribution in [0.25, 0.3) is 10.6 Å². The Labute approximate surface area is 136 Å². The molecule has 1 aliphatic rings. The molecule has 2 aromatic heterocycles. The summed E-state index contributed by atoms with van der Waals surface area (Å²) in [6, 6.07) is 4.42. The molecule has 0 amide bonds. The molecule has 0 atom stereocenters. The van der Waals surface area contributed by atoms with Crippen molar-refractivity contribution >= 4 is 17.1 Å². The maximum absolute atomic E-state index is 12.8. The second kappa shape index (κ2) is 6.11. The summed E-state index contributed by atoms with van der Waals surface area (Å²) < 4.78 is 39.4. The highest BCUT2D eigenvalue weighted by Gasteiger charge is 2.35. The molecule has 0 spiro atoms. The molecule has 3 rings (SSSR count). The fraction of sp³-hybridized carbons (Fsp3) is 0.500. The number of aryl methyl sites for hydroxylation is 1. The Morgan fingerprint density at radius 3 is 2.57 bits per heavy atom. The average Bonchev–Trinajstić information content (AvgIpc) is 3.13. The Morgan fingerprint density at radius 1 is 1.26 bits per heavy atom. The molecule has 23 heavy (non-hydrogen) atoms. The lowest BCUT2D eigenvalue weighted by Crippen LogP contribution is -2.16. The van der Waals surface area contributed by atoms with E-state index in [-0.39, 0.29) is 17.4 Å². The molecule has 1 fully saturated rings. The number of carbonyl (C=O) groups is 1. The highest BCUT2D eigenvalue weighted by atomic mass is 32.1. The van der Waals surface area contributed by atoms with Crippen LogP contribution >= 0.6 is 11.3 Å². The van der Waals surface area contributed by atoms with Crippen molar-refractivity contribution in [1.82, 2.24) is 9.78 Å². The molecule has 0 saturated heterocycles. The van der Waals surface area contributed by atoms with Gasteiger partial charge in [-0.15, -0.1) is 11.3 Å². The normalized spacial score (nSPS) is 16.7. The summed E-state index contributed by atoms with van der Waals surface area (Å²) in [7, 11) is 1.27. The largest absolute Gasteiger partial charge is 0.433 e. The minimum Gasteiger partial charge on any atom is -0.293 e. The lowest BCUT2D eigenvalue weighted by Gasteiger charge is -2.19. The fourth-order valence-electron chi connectivity index (χ4n) is 3.03. The van der Waals surface area contributed by atoms with Crippen LogP contribution in [0.1, 0.15) is 47.5 Å².